The molecule has 1 heterocycles. The van der Waals surface area contributed by atoms with Crippen LogP contribution in [0.3, 0.4) is 0 Å². The van der Waals surface area contributed by atoms with Gasteiger partial charge in [-0.05, 0) is 48.4 Å². The molecule has 0 saturated carbocycles. The highest BCUT2D eigenvalue weighted by Gasteiger charge is 2.21. The van der Waals surface area contributed by atoms with Crippen molar-refractivity contribution in [2.45, 2.75) is 25.7 Å². The SMILES string of the molecule is C=CC(=C)N1CCC(COc2cccc([C@@H](C)CP(=O)(O)O)c2)CC1. The minimum absolute atomic E-state index is 0.151. The number of ether oxygens (including phenoxy) is 1. The van der Waals surface area contributed by atoms with E-state index < -0.39 is 7.60 Å². The molecule has 0 radical (unpaired) electrons. The summed E-state index contributed by atoms with van der Waals surface area (Å²) in [4.78, 5) is 20.5. The van der Waals surface area contributed by atoms with Crippen LogP contribution in [-0.2, 0) is 4.57 Å². The van der Waals surface area contributed by atoms with Crippen LogP contribution >= 0.6 is 7.60 Å². The summed E-state index contributed by atoms with van der Waals surface area (Å²) >= 11 is 0. The van der Waals surface area contributed by atoms with E-state index in [0.29, 0.717) is 12.5 Å². The number of hydrogen-bond acceptors (Lipinski definition) is 3. The highest BCUT2D eigenvalue weighted by atomic mass is 31.2. The number of allylic oxidation sites excluding steroid dienone is 1. The molecule has 138 valence electrons. The predicted octanol–water partition coefficient (Wildman–Crippen LogP) is 3.76. The van der Waals surface area contributed by atoms with Gasteiger partial charge in [-0.3, -0.25) is 4.57 Å². The maximum absolute atomic E-state index is 11.2. The van der Waals surface area contributed by atoms with E-state index in [4.69, 9.17) is 14.5 Å². The van der Waals surface area contributed by atoms with Gasteiger partial charge in [-0.1, -0.05) is 32.2 Å². The Morgan fingerprint density at radius 2 is 2.12 bits per heavy atom. The van der Waals surface area contributed by atoms with Gasteiger partial charge in [-0.25, -0.2) is 0 Å². The van der Waals surface area contributed by atoms with Crippen molar-refractivity contribution in [2.75, 3.05) is 25.9 Å². The van der Waals surface area contributed by atoms with Crippen molar-refractivity contribution in [2.24, 2.45) is 5.92 Å². The number of hydrogen-bond donors (Lipinski definition) is 2. The molecule has 6 heteroatoms. The second-order valence-electron chi connectivity index (χ2n) is 6.76. The van der Waals surface area contributed by atoms with Gasteiger partial charge in [0.15, 0.2) is 0 Å². The first-order chi connectivity index (χ1) is 11.8. The third kappa shape index (κ3) is 6.35. The quantitative estimate of drug-likeness (QED) is 0.542. The van der Waals surface area contributed by atoms with Crippen LogP contribution in [0.15, 0.2) is 49.2 Å². The average molecular weight is 365 g/mol. The van der Waals surface area contributed by atoms with Crippen LogP contribution in [0.25, 0.3) is 0 Å². The van der Waals surface area contributed by atoms with Crippen LogP contribution in [0, 0.1) is 5.92 Å². The Labute approximate surface area is 150 Å². The zero-order valence-electron chi connectivity index (χ0n) is 14.8. The molecule has 1 atom stereocenters. The highest BCUT2D eigenvalue weighted by Crippen LogP contribution is 2.40. The fraction of sp³-hybridized carbons (Fsp3) is 0.474. The molecule has 1 aliphatic heterocycles. The molecule has 2 N–H and O–H groups in total. The number of rotatable bonds is 8. The maximum atomic E-state index is 11.2. The Kier molecular flexibility index (Phi) is 6.88. The topological polar surface area (TPSA) is 70.0 Å². The van der Waals surface area contributed by atoms with Gasteiger partial charge in [0.05, 0.1) is 12.8 Å². The molecule has 25 heavy (non-hydrogen) atoms. The molecule has 1 aliphatic rings. The third-order valence-electron chi connectivity index (χ3n) is 4.68. The van der Waals surface area contributed by atoms with Crippen LogP contribution in [0.2, 0.25) is 0 Å². The van der Waals surface area contributed by atoms with Crippen LogP contribution in [-0.4, -0.2) is 40.5 Å². The van der Waals surface area contributed by atoms with Gasteiger partial charge in [-0.15, -0.1) is 0 Å². The van der Waals surface area contributed by atoms with E-state index in [9.17, 15) is 4.57 Å². The summed E-state index contributed by atoms with van der Waals surface area (Å²) in [6, 6.07) is 7.53. The molecule has 1 aromatic rings. The standard InChI is InChI=1S/C19H28NO4P/c1-4-16(3)20-10-8-17(9-11-20)13-24-19-7-5-6-18(12-19)15(2)14-25(21,22)23/h4-7,12,15,17H,1,3,8-11,13-14H2,2H3,(H2,21,22,23)/t15-/m0/s1. The molecular weight excluding hydrogens is 337 g/mol. The van der Waals surface area contributed by atoms with Crippen molar-refractivity contribution >= 4 is 7.60 Å². The number of benzene rings is 1. The fourth-order valence-corrected chi connectivity index (χ4v) is 4.03. The second kappa shape index (κ2) is 8.70. The normalized spacial score (nSPS) is 17.2. The molecule has 1 fully saturated rings. The van der Waals surface area contributed by atoms with Gasteiger partial charge < -0.3 is 19.4 Å². The summed E-state index contributed by atoms with van der Waals surface area (Å²) in [6.45, 7) is 12.2. The first-order valence-electron chi connectivity index (χ1n) is 8.62. The van der Waals surface area contributed by atoms with E-state index >= 15 is 0 Å². The van der Waals surface area contributed by atoms with E-state index in [2.05, 4.69) is 18.1 Å². The van der Waals surface area contributed by atoms with E-state index in [1.54, 1.807) is 6.08 Å². The molecule has 0 aromatic heterocycles. The summed E-state index contributed by atoms with van der Waals surface area (Å²) in [5.74, 6) is 1.05. The number of nitrogens with zero attached hydrogens (tertiary/aromatic N) is 1. The summed E-state index contributed by atoms with van der Waals surface area (Å²) in [6.07, 6.45) is 3.76. The van der Waals surface area contributed by atoms with Crippen LogP contribution in [0.1, 0.15) is 31.2 Å². The van der Waals surface area contributed by atoms with Crippen molar-refractivity contribution in [3.8, 4) is 5.75 Å². The van der Waals surface area contributed by atoms with Gasteiger partial charge in [-0.2, -0.15) is 0 Å². The van der Waals surface area contributed by atoms with E-state index in [-0.39, 0.29) is 12.1 Å². The van der Waals surface area contributed by atoms with Crippen molar-refractivity contribution in [3.63, 3.8) is 0 Å². The lowest BCUT2D eigenvalue weighted by Gasteiger charge is -2.33. The summed E-state index contributed by atoms with van der Waals surface area (Å²) in [7, 11) is -4.02. The summed E-state index contributed by atoms with van der Waals surface area (Å²) in [5, 5.41) is 0. The average Bonchev–Trinajstić information content (AvgIpc) is 2.58. The molecule has 1 saturated heterocycles. The van der Waals surface area contributed by atoms with Crippen LogP contribution < -0.4 is 4.74 Å². The lowest BCUT2D eigenvalue weighted by atomic mass is 9.97. The van der Waals surface area contributed by atoms with E-state index in [1.165, 1.54) is 0 Å². The maximum Gasteiger partial charge on any atom is 0.326 e. The first kappa shape index (κ1) is 19.8. The zero-order valence-corrected chi connectivity index (χ0v) is 15.7. The summed E-state index contributed by atoms with van der Waals surface area (Å²) < 4.78 is 17.1. The Hall–Kier alpha value is -1.55. The minimum atomic E-state index is -4.02. The molecule has 0 bridgehead atoms. The smallest absolute Gasteiger partial charge is 0.326 e. The van der Waals surface area contributed by atoms with Gasteiger partial charge in [0.2, 0.25) is 0 Å². The van der Waals surface area contributed by atoms with Crippen molar-refractivity contribution in [1.29, 1.82) is 0 Å². The predicted molar refractivity (Wildman–Crippen MR) is 101 cm³/mol. The second-order valence-corrected chi connectivity index (χ2v) is 8.45. The molecular formula is C19H28NO4P. The van der Waals surface area contributed by atoms with Gasteiger partial charge >= 0.3 is 7.60 Å². The van der Waals surface area contributed by atoms with Gasteiger partial charge in [0.25, 0.3) is 0 Å². The van der Waals surface area contributed by atoms with E-state index in [1.807, 2.05) is 31.2 Å². The highest BCUT2D eigenvalue weighted by molar-refractivity contribution is 7.51. The Morgan fingerprint density at radius 3 is 2.72 bits per heavy atom. The van der Waals surface area contributed by atoms with Crippen molar-refractivity contribution < 1.29 is 19.1 Å². The molecule has 2 rings (SSSR count). The van der Waals surface area contributed by atoms with Crippen molar-refractivity contribution in [3.05, 3.63) is 54.8 Å². The summed E-state index contributed by atoms with van der Waals surface area (Å²) in [5.41, 5.74) is 1.86. The molecule has 0 unspecified atom stereocenters. The van der Waals surface area contributed by atoms with Gasteiger partial charge in [0, 0.05) is 18.8 Å². The Morgan fingerprint density at radius 1 is 1.44 bits per heavy atom. The third-order valence-corrected chi connectivity index (χ3v) is 5.70. The van der Waals surface area contributed by atoms with E-state index in [0.717, 1.165) is 42.9 Å². The minimum Gasteiger partial charge on any atom is -0.493 e. The zero-order chi connectivity index (χ0) is 18.4. The molecule has 0 spiro atoms. The Balaban J connectivity index is 1.86. The molecule has 0 aliphatic carbocycles. The number of piperidine rings is 1. The molecule has 5 nitrogen and oxygen atoms in total. The van der Waals surface area contributed by atoms with Crippen LogP contribution in [0.4, 0.5) is 0 Å². The molecule has 1 aromatic carbocycles. The lowest BCUT2D eigenvalue weighted by Crippen LogP contribution is -2.34. The monoisotopic (exact) mass is 365 g/mol. The lowest BCUT2D eigenvalue weighted by molar-refractivity contribution is 0.166. The Bertz CT molecular complexity index is 647. The largest absolute Gasteiger partial charge is 0.493 e. The fourth-order valence-electron chi connectivity index (χ4n) is 3.10. The van der Waals surface area contributed by atoms with Gasteiger partial charge in [0.1, 0.15) is 5.75 Å². The van der Waals surface area contributed by atoms with Crippen LogP contribution in [0.5, 0.6) is 5.75 Å². The van der Waals surface area contributed by atoms with Crippen molar-refractivity contribution in [1.82, 2.24) is 4.90 Å². The molecule has 0 amide bonds. The number of likely N-dealkylation sites (tertiary alicyclic amines) is 1. The first-order valence-corrected chi connectivity index (χ1v) is 10.4.